The van der Waals surface area contributed by atoms with Gasteiger partial charge >= 0.3 is 5.97 Å². The van der Waals surface area contributed by atoms with Crippen LogP contribution in [-0.2, 0) is 20.7 Å². The monoisotopic (exact) mass is 504 g/mol. The number of alkyl halides is 1. The number of carbonyl (C=O) groups is 3. The molecule has 3 rings (SSSR count). The van der Waals surface area contributed by atoms with E-state index < -0.39 is 5.97 Å². The molecule has 0 fully saturated rings. The summed E-state index contributed by atoms with van der Waals surface area (Å²) in [4.78, 5) is 39.2. The molecule has 30 heavy (non-hydrogen) atoms. The summed E-state index contributed by atoms with van der Waals surface area (Å²) < 4.78 is 5.37. The van der Waals surface area contributed by atoms with Crippen molar-refractivity contribution in [3.8, 4) is 0 Å². The van der Waals surface area contributed by atoms with Crippen LogP contribution in [-0.4, -0.2) is 46.6 Å². The minimum Gasteiger partial charge on any atom is -0.464 e. The van der Waals surface area contributed by atoms with Gasteiger partial charge in [-0.25, -0.2) is 0 Å². The van der Waals surface area contributed by atoms with E-state index in [0.29, 0.717) is 40.2 Å². The topological polar surface area (TPSA) is 60.4 Å². The zero-order valence-corrected chi connectivity index (χ0v) is 20.7. The molecule has 1 aromatic rings. The third-order valence-corrected chi connectivity index (χ3v) is 9.52. The lowest BCUT2D eigenvalue weighted by atomic mass is 9.90. The molecule has 4 nitrogen and oxygen atoms in total. The molecule has 9 heteroatoms. The minimum absolute atomic E-state index is 0.142. The summed E-state index contributed by atoms with van der Waals surface area (Å²) >= 11 is 17.1. The Morgan fingerprint density at radius 1 is 1.33 bits per heavy atom. The Morgan fingerprint density at radius 2 is 2.10 bits per heavy atom. The normalized spacial score (nSPS) is 18.5. The van der Waals surface area contributed by atoms with Gasteiger partial charge in [-0.2, -0.15) is 11.8 Å². The standard InChI is InChI=1S/C21H22Cl2O4S3/c1-11-8-12(19(23)13-9-17(28-2)30-21(11)13)20(26)18-14(24)4-3-5-15(18)29-7-6-27-16(25)10-22/h8,17H,3-7,9-10H2,1-2H3. The third kappa shape index (κ3) is 5.23. The molecular weight excluding hydrogens is 483 g/mol. The van der Waals surface area contributed by atoms with E-state index in [1.807, 2.05) is 13.0 Å². The Kier molecular flexibility index (Phi) is 8.67. The number of thioether (sulfide) groups is 3. The second-order valence-corrected chi connectivity index (χ2v) is 11.3. The summed E-state index contributed by atoms with van der Waals surface area (Å²) in [6.07, 6.45) is 4.61. The maximum Gasteiger partial charge on any atom is 0.320 e. The minimum atomic E-state index is -0.482. The predicted octanol–water partition coefficient (Wildman–Crippen LogP) is 5.69. The summed E-state index contributed by atoms with van der Waals surface area (Å²) in [7, 11) is 0. The molecule has 1 aliphatic heterocycles. The quantitative estimate of drug-likeness (QED) is 0.148. The third-order valence-electron chi connectivity index (χ3n) is 4.95. The number of carbonyl (C=O) groups excluding carboxylic acids is 3. The van der Waals surface area contributed by atoms with E-state index in [9.17, 15) is 14.4 Å². The van der Waals surface area contributed by atoms with Gasteiger partial charge < -0.3 is 4.74 Å². The smallest absolute Gasteiger partial charge is 0.320 e. The molecule has 0 saturated carbocycles. The Balaban J connectivity index is 1.88. The predicted molar refractivity (Wildman–Crippen MR) is 127 cm³/mol. The highest BCUT2D eigenvalue weighted by Gasteiger charge is 2.33. The number of ether oxygens (including phenoxy) is 1. The Bertz CT molecular complexity index is 914. The van der Waals surface area contributed by atoms with Crippen LogP contribution >= 0.6 is 58.5 Å². The van der Waals surface area contributed by atoms with Gasteiger partial charge in [-0.05, 0) is 54.5 Å². The van der Waals surface area contributed by atoms with E-state index in [1.165, 1.54) is 11.8 Å². The van der Waals surface area contributed by atoms with E-state index in [-0.39, 0.29) is 29.6 Å². The van der Waals surface area contributed by atoms with Crippen molar-refractivity contribution >= 4 is 76.0 Å². The Morgan fingerprint density at radius 3 is 2.80 bits per heavy atom. The van der Waals surface area contributed by atoms with Crippen LogP contribution in [0.2, 0.25) is 5.02 Å². The van der Waals surface area contributed by atoms with Gasteiger partial charge in [-0.15, -0.1) is 35.1 Å². The Hall–Kier alpha value is -0.600. The van der Waals surface area contributed by atoms with Gasteiger partial charge in [-0.3, -0.25) is 14.4 Å². The molecule has 0 amide bonds. The lowest BCUT2D eigenvalue weighted by Gasteiger charge is -2.19. The van der Waals surface area contributed by atoms with Gasteiger partial charge in [0.1, 0.15) is 12.5 Å². The molecule has 0 spiro atoms. The number of esters is 1. The first kappa shape index (κ1) is 24.1. The average Bonchev–Trinajstić information content (AvgIpc) is 3.19. The number of Topliss-reactive ketones (excluding diaryl/α,β-unsaturated/α-hetero) is 2. The van der Waals surface area contributed by atoms with E-state index in [4.69, 9.17) is 27.9 Å². The molecule has 0 aromatic heterocycles. The lowest BCUT2D eigenvalue weighted by Crippen LogP contribution is -2.20. The highest BCUT2D eigenvalue weighted by Crippen LogP contribution is 2.47. The van der Waals surface area contributed by atoms with E-state index in [2.05, 4.69) is 6.26 Å². The van der Waals surface area contributed by atoms with Crippen LogP contribution in [0.4, 0.5) is 0 Å². The Labute approximate surface area is 199 Å². The van der Waals surface area contributed by atoms with Gasteiger partial charge in [0.2, 0.25) is 0 Å². The maximum absolute atomic E-state index is 13.4. The summed E-state index contributed by atoms with van der Waals surface area (Å²) in [6, 6.07) is 1.82. The zero-order chi connectivity index (χ0) is 21.8. The average molecular weight is 506 g/mol. The zero-order valence-electron chi connectivity index (χ0n) is 16.7. The largest absolute Gasteiger partial charge is 0.464 e. The number of halogens is 2. The molecule has 1 aliphatic carbocycles. The van der Waals surface area contributed by atoms with Crippen LogP contribution in [0.25, 0.3) is 0 Å². The van der Waals surface area contributed by atoms with Crippen molar-refractivity contribution in [2.75, 3.05) is 24.5 Å². The highest BCUT2D eigenvalue weighted by atomic mass is 35.5. The first-order valence-corrected chi connectivity index (χ1v) is 13.6. The van der Waals surface area contributed by atoms with Gasteiger partial charge in [0.05, 0.1) is 15.2 Å². The van der Waals surface area contributed by atoms with Gasteiger partial charge in [0, 0.05) is 22.6 Å². The molecule has 0 bridgehead atoms. The number of ketones is 2. The number of rotatable bonds is 8. The van der Waals surface area contributed by atoms with Gasteiger partial charge in [0.15, 0.2) is 11.6 Å². The number of hydrogen-bond acceptors (Lipinski definition) is 7. The first-order chi connectivity index (χ1) is 14.4. The van der Waals surface area contributed by atoms with E-state index in [1.54, 1.807) is 23.5 Å². The second-order valence-electron chi connectivity index (χ2n) is 6.96. The number of hydrogen-bond donors (Lipinski definition) is 0. The molecular formula is C21H22Cl2O4S3. The van der Waals surface area contributed by atoms with Crippen molar-refractivity contribution in [2.24, 2.45) is 0 Å². The van der Waals surface area contributed by atoms with E-state index in [0.717, 1.165) is 27.3 Å². The van der Waals surface area contributed by atoms with Crippen molar-refractivity contribution in [3.63, 3.8) is 0 Å². The fraction of sp³-hybridized carbons (Fsp3) is 0.476. The van der Waals surface area contributed by atoms with Gasteiger partial charge in [0.25, 0.3) is 0 Å². The molecule has 2 aliphatic rings. The number of aryl methyl sites for hydroxylation is 1. The summed E-state index contributed by atoms with van der Waals surface area (Å²) in [5, 5.41) is 0.468. The molecule has 162 valence electrons. The van der Waals surface area contributed by atoms with Crippen LogP contribution in [0.3, 0.4) is 0 Å². The number of benzene rings is 1. The SMILES string of the molecule is CSC1Cc2c(Cl)c(C(=O)C3=C(SCCOC(=O)CCl)CCCC3=O)cc(C)c2S1. The van der Waals surface area contributed by atoms with Crippen molar-refractivity contribution in [2.45, 2.75) is 42.1 Å². The molecule has 0 saturated heterocycles. The first-order valence-electron chi connectivity index (χ1n) is 9.54. The van der Waals surface area contributed by atoms with Crippen LogP contribution in [0.1, 0.15) is 40.7 Å². The van der Waals surface area contributed by atoms with Gasteiger partial charge in [-0.1, -0.05) is 11.6 Å². The molecule has 1 heterocycles. The van der Waals surface area contributed by atoms with Crippen molar-refractivity contribution in [1.82, 2.24) is 0 Å². The highest BCUT2D eigenvalue weighted by molar-refractivity contribution is 8.17. The lowest BCUT2D eigenvalue weighted by molar-refractivity contribution is -0.139. The molecule has 1 unspecified atom stereocenters. The van der Waals surface area contributed by atoms with Crippen LogP contribution in [0, 0.1) is 6.92 Å². The molecule has 1 atom stereocenters. The molecule has 1 aromatic carbocycles. The van der Waals surface area contributed by atoms with Crippen molar-refractivity contribution in [1.29, 1.82) is 0 Å². The summed E-state index contributed by atoms with van der Waals surface area (Å²) in [5.41, 5.74) is 2.68. The fourth-order valence-electron chi connectivity index (χ4n) is 3.53. The maximum atomic E-state index is 13.4. The van der Waals surface area contributed by atoms with Crippen LogP contribution < -0.4 is 0 Å². The number of allylic oxidation sites excluding steroid dienone is 2. The summed E-state index contributed by atoms with van der Waals surface area (Å²) in [5.74, 6) is -0.651. The molecule has 0 N–H and O–H groups in total. The van der Waals surface area contributed by atoms with Crippen molar-refractivity contribution < 1.29 is 19.1 Å². The number of fused-ring (bicyclic) bond motifs is 1. The van der Waals surface area contributed by atoms with E-state index >= 15 is 0 Å². The second kappa shape index (κ2) is 10.8. The fourth-order valence-corrected chi connectivity index (χ4v) is 7.12. The van der Waals surface area contributed by atoms with Crippen LogP contribution in [0.15, 0.2) is 21.4 Å². The van der Waals surface area contributed by atoms with Crippen molar-refractivity contribution in [3.05, 3.63) is 38.3 Å². The van der Waals surface area contributed by atoms with Crippen LogP contribution in [0.5, 0.6) is 0 Å². The molecule has 0 radical (unpaired) electrons. The summed E-state index contributed by atoms with van der Waals surface area (Å²) in [6.45, 7) is 2.17.